The fourth-order valence-corrected chi connectivity index (χ4v) is 2.21. The predicted octanol–water partition coefficient (Wildman–Crippen LogP) is 4.85. The Morgan fingerprint density at radius 1 is 1.25 bits per heavy atom. The summed E-state index contributed by atoms with van der Waals surface area (Å²) in [5.41, 5.74) is -1.13. The summed E-state index contributed by atoms with van der Waals surface area (Å²) in [4.78, 5) is 13.6. The van der Waals surface area contributed by atoms with Gasteiger partial charge in [-0.2, -0.15) is 13.2 Å². The molecule has 0 atom stereocenters. The maximum absolute atomic E-state index is 12.9. The van der Waals surface area contributed by atoms with E-state index in [0.717, 1.165) is 12.1 Å². The lowest BCUT2D eigenvalue weighted by atomic mass is 10.1. The molecule has 0 fully saturated rings. The molecule has 1 aromatic rings. The topological polar surface area (TPSA) is 38.8 Å². The molecular formula is C16H21BrF3NO3. The van der Waals surface area contributed by atoms with Gasteiger partial charge in [-0.1, -0.05) is 15.9 Å². The highest BCUT2D eigenvalue weighted by atomic mass is 79.9. The van der Waals surface area contributed by atoms with Crippen LogP contribution < -0.4 is 0 Å². The molecule has 0 aliphatic heterocycles. The first-order valence-corrected chi connectivity index (χ1v) is 8.06. The van der Waals surface area contributed by atoms with Crippen LogP contribution >= 0.6 is 15.9 Å². The van der Waals surface area contributed by atoms with E-state index in [1.807, 2.05) is 0 Å². The summed E-state index contributed by atoms with van der Waals surface area (Å²) in [6.45, 7) is 5.59. The maximum atomic E-state index is 12.9. The van der Waals surface area contributed by atoms with Gasteiger partial charge < -0.3 is 14.4 Å². The number of amides is 1. The lowest BCUT2D eigenvalue weighted by molar-refractivity contribution is -0.137. The van der Waals surface area contributed by atoms with E-state index in [0.29, 0.717) is 10.0 Å². The van der Waals surface area contributed by atoms with Crippen molar-refractivity contribution in [1.29, 1.82) is 0 Å². The highest BCUT2D eigenvalue weighted by Gasteiger charge is 2.31. The molecule has 1 rings (SSSR count). The summed E-state index contributed by atoms with van der Waals surface area (Å²) in [5.74, 6) is 0. The van der Waals surface area contributed by atoms with Gasteiger partial charge >= 0.3 is 12.3 Å². The number of alkyl halides is 3. The van der Waals surface area contributed by atoms with Crippen molar-refractivity contribution in [2.45, 2.75) is 39.1 Å². The normalized spacial score (nSPS) is 12.2. The minimum atomic E-state index is -4.45. The molecule has 136 valence electrons. The Labute approximate surface area is 148 Å². The van der Waals surface area contributed by atoms with E-state index in [9.17, 15) is 18.0 Å². The number of methoxy groups -OCH3 is 1. The minimum absolute atomic E-state index is 0.0250. The second-order valence-corrected chi connectivity index (χ2v) is 7.05. The molecular weight excluding hydrogens is 391 g/mol. The SMILES string of the molecule is COCCN(Cc1cc(C(F)(F)F)ccc1Br)C(=O)OC(C)(C)C. The van der Waals surface area contributed by atoms with E-state index in [1.54, 1.807) is 20.8 Å². The number of halogens is 4. The Kier molecular flexibility index (Phi) is 7.10. The quantitative estimate of drug-likeness (QED) is 0.694. The van der Waals surface area contributed by atoms with Gasteiger partial charge in [0.05, 0.1) is 18.7 Å². The first kappa shape index (κ1) is 20.8. The Morgan fingerprint density at radius 3 is 2.38 bits per heavy atom. The van der Waals surface area contributed by atoms with E-state index >= 15 is 0 Å². The van der Waals surface area contributed by atoms with E-state index in [1.165, 1.54) is 18.1 Å². The highest BCUT2D eigenvalue weighted by molar-refractivity contribution is 9.10. The van der Waals surface area contributed by atoms with Crippen molar-refractivity contribution in [2.24, 2.45) is 0 Å². The third kappa shape index (κ3) is 6.68. The van der Waals surface area contributed by atoms with Crippen molar-refractivity contribution in [2.75, 3.05) is 20.3 Å². The molecule has 8 heteroatoms. The zero-order valence-corrected chi connectivity index (χ0v) is 15.6. The molecule has 0 bridgehead atoms. The highest BCUT2D eigenvalue weighted by Crippen LogP contribution is 2.32. The Morgan fingerprint density at radius 2 is 1.88 bits per heavy atom. The van der Waals surface area contributed by atoms with E-state index in [-0.39, 0.29) is 19.7 Å². The van der Waals surface area contributed by atoms with Gasteiger partial charge in [-0.15, -0.1) is 0 Å². The maximum Gasteiger partial charge on any atom is 0.416 e. The second kappa shape index (κ2) is 8.20. The van der Waals surface area contributed by atoms with Crippen LogP contribution in [-0.2, 0) is 22.2 Å². The number of benzene rings is 1. The van der Waals surface area contributed by atoms with Gasteiger partial charge in [-0.05, 0) is 44.5 Å². The van der Waals surface area contributed by atoms with Gasteiger partial charge in [0.1, 0.15) is 5.60 Å². The Bertz CT molecular complexity index is 571. The molecule has 0 radical (unpaired) electrons. The van der Waals surface area contributed by atoms with Crippen LogP contribution in [0.4, 0.5) is 18.0 Å². The predicted molar refractivity (Wildman–Crippen MR) is 87.7 cm³/mol. The molecule has 4 nitrogen and oxygen atoms in total. The molecule has 0 saturated heterocycles. The third-order valence-corrected chi connectivity index (χ3v) is 3.72. The Hall–Kier alpha value is -1.28. The number of carbonyl (C=O) groups excluding carboxylic acids is 1. The summed E-state index contributed by atoms with van der Waals surface area (Å²) >= 11 is 3.23. The lowest BCUT2D eigenvalue weighted by Crippen LogP contribution is -2.38. The molecule has 0 spiro atoms. The van der Waals surface area contributed by atoms with E-state index in [4.69, 9.17) is 9.47 Å². The molecule has 0 aliphatic carbocycles. The average Bonchev–Trinajstić information content (AvgIpc) is 2.42. The number of nitrogens with zero attached hydrogens (tertiary/aromatic N) is 1. The first-order chi connectivity index (χ1) is 10.9. The summed E-state index contributed by atoms with van der Waals surface area (Å²) in [6.07, 6.45) is -5.05. The van der Waals surface area contributed by atoms with Gasteiger partial charge in [-0.3, -0.25) is 0 Å². The van der Waals surface area contributed by atoms with Crippen molar-refractivity contribution in [3.63, 3.8) is 0 Å². The van der Waals surface area contributed by atoms with Crippen LogP contribution in [0, 0.1) is 0 Å². The second-order valence-electron chi connectivity index (χ2n) is 6.20. The first-order valence-electron chi connectivity index (χ1n) is 7.26. The molecule has 0 aliphatic rings. The van der Waals surface area contributed by atoms with Crippen molar-refractivity contribution in [3.05, 3.63) is 33.8 Å². The fourth-order valence-electron chi connectivity index (χ4n) is 1.84. The van der Waals surface area contributed by atoms with Crippen molar-refractivity contribution in [3.8, 4) is 0 Å². The number of hydrogen-bond acceptors (Lipinski definition) is 3. The van der Waals surface area contributed by atoms with Crippen LogP contribution in [0.1, 0.15) is 31.9 Å². The van der Waals surface area contributed by atoms with Gasteiger partial charge in [0, 0.05) is 18.1 Å². The largest absolute Gasteiger partial charge is 0.444 e. The molecule has 0 saturated carbocycles. The van der Waals surface area contributed by atoms with Crippen LogP contribution in [0.3, 0.4) is 0 Å². The average molecular weight is 412 g/mol. The smallest absolute Gasteiger partial charge is 0.416 e. The standard InChI is InChI=1S/C16H21BrF3NO3/c1-15(2,3)24-14(22)21(7-8-23-4)10-11-9-12(16(18,19)20)5-6-13(11)17/h5-6,9H,7-8,10H2,1-4H3. The van der Waals surface area contributed by atoms with Crippen LogP contribution in [0.5, 0.6) is 0 Å². The monoisotopic (exact) mass is 411 g/mol. The molecule has 0 N–H and O–H groups in total. The van der Waals surface area contributed by atoms with Crippen molar-refractivity contribution in [1.82, 2.24) is 4.90 Å². The van der Waals surface area contributed by atoms with Crippen molar-refractivity contribution >= 4 is 22.0 Å². The van der Waals surface area contributed by atoms with Crippen LogP contribution in [0.2, 0.25) is 0 Å². The zero-order chi connectivity index (χ0) is 18.5. The zero-order valence-electron chi connectivity index (χ0n) is 14.0. The number of rotatable bonds is 5. The summed E-state index contributed by atoms with van der Waals surface area (Å²) in [5, 5.41) is 0. The van der Waals surface area contributed by atoms with Gasteiger partial charge in [0.2, 0.25) is 0 Å². The minimum Gasteiger partial charge on any atom is -0.444 e. The Balaban J connectivity index is 3.03. The summed E-state index contributed by atoms with van der Waals surface area (Å²) in [6, 6.07) is 3.33. The van der Waals surface area contributed by atoms with Crippen LogP contribution in [0.15, 0.2) is 22.7 Å². The van der Waals surface area contributed by atoms with Crippen LogP contribution in [0.25, 0.3) is 0 Å². The number of carbonyl (C=O) groups is 1. The summed E-state index contributed by atoms with van der Waals surface area (Å²) < 4.78 is 49.4. The molecule has 0 heterocycles. The van der Waals surface area contributed by atoms with Crippen molar-refractivity contribution < 1.29 is 27.4 Å². The molecule has 24 heavy (non-hydrogen) atoms. The number of hydrogen-bond donors (Lipinski definition) is 0. The summed E-state index contributed by atoms with van der Waals surface area (Å²) in [7, 11) is 1.48. The third-order valence-electron chi connectivity index (χ3n) is 2.95. The molecule has 0 unspecified atom stereocenters. The molecule has 1 amide bonds. The molecule has 0 aromatic heterocycles. The van der Waals surface area contributed by atoms with Gasteiger partial charge in [0.15, 0.2) is 0 Å². The lowest BCUT2D eigenvalue weighted by Gasteiger charge is -2.27. The van der Waals surface area contributed by atoms with E-state index in [2.05, 4.69) is 15.9 Å². The van der Waals surface area contributed by atoms with Gasteiger partial charge in [0.25, 0.3) is 0 Å². The number of ether oxygens (including phenoxy) is 2. The van der Waals surface area contributed by atoms with Gasteiger partial charge in [-0.25, -0.2) is 4.79 Å². The molecule has 1 aromatic carbocycles. The fraction of sp³-hybridized carbons (Fsp3) is 0.562. The van der Waals surface area contributed by atoms with E-state index < -0.39 is 23.4 Å². The van der Waals surface area contributed by atoms with Crippen LogP contribution in [-0.4, -0.2) is 36.9 Å².